The van der Waals surface area contributed by atoms with Gasteiger partial charge in [0.05, 0.1) is 31.0 Å². The quantitative estimate of drug-likeness (QED) is 0.471. The number of amides is 1. The number of esters is 1. The number of allylic oxidation sites excluding steroid dienone is 2. The van der Waals surface area contributed by atoms with Gasteiger partial charge in [0.15, 0.2) is 0 Å². The largest absolute Gasteiger partial charge is 0.469 e. The lowest BCUT2D eigenvalue weighted by Crippen LogP contribution is -2.51. The number of hydrogen-bond acceptors (Lipinski definition) is 3. The molecule has 162 valence electrons. The number of carbonyl (C=O) groups is 2. The Bertz CT molecular complexity index is 894. The van der Waals surface area contributed by atoms with E-state index in [1.54, 1.807) is 0 Å². The topological polar surface area (TPSA) is 46.6 Å². The van der Waals surface area contributed by atoms with Crippen molar-refractivity contribution in [1.29, 1.82) is 0 Å². The van der Waals surface area contributed by atoms with Gasteiger partial charge in [-0.3, -0.25) is 9.59 Å². The van der Waals surface area contributed by atoms with Gasteiger partial charge in [0, 0.05) is 0 Å². The molecule has 0 aromatic heterocycles. The van der Waals surface area contributed by atoms with Crippen LogP contribution in [-0.4, -0.2) is 23.9 Å². The molecule has 6 atom stereocenters. The summed E-state index contributed by atoms with van der Waals surface area (Å²) in [5.74, 6) is -0.857. The summed E-state index contributed by atoms with van der Waals surface area (Å²) in [6, 6.07) is 20.0. The minimum atomic E-state index is -0.408. The van der Waals surface area contributed by atoms with Crippen molar-refractivity contribution in [2.45, 2.75) is 38.8 Å². The molecule has 1 fully saturated rings. The first-order valence-electron chi connectivity index (χ1n) is 11.2. The van der Waals surface area contributed by atoms with E-state index >= 15 is 0 Å². The second-order valence-electron chi connectivity index (χ2n) is 8.78. The minimum absolute atomic E-state index is 0.0437. The highest BCUT2D eigenvalue weighted by molar-refractivity contribution is 5.87. The maximum absolute atomic E-state index is 14.2. The molecular weight excluding hydrogens is 386 g/mol. The van der Waals surface area contributed by atoms with Gasteiger partial charge < -0.3 is 9.64 Å². The summed E-state index contributed by atoms with van der Waals surface area (Å²) in [5, 5.41) is 0. The van der Waals surface area contributed by atoms with Gasteiger partial charge in [0.1, 0.15) is 0 Å². The summed E-state index contributed by atoms with van der Waals surface area (Å²) in [7, 11) is 1.42. The fraction of sp³-hybridized carbons (Fsp3) is 0.407. The van der Waals surface area contributed by atoms with Crippen LogP contribution in [0, 0.1) is 23.7 Å². The van der Waals surface area contributed by atoms with Gasteiger partial charge >= 0.3 is 5.97 Å². The molecule has 4 heteroatoms. The van der Waals surface area contributed by atoms with Gasteiger partial charge in [0.25, 0.3) is 0 Å². The van der Waals surface area contributed by atoms with E-state index < -0.39 is 5.92 Å². The molecule has 2 bridgehead atoms. The molecule has 0 N–H and O–H groups in total. The molecule has 1 amide bonds. The molecule has 5 rings (SSSR count). The van der Waals surface area contributed by atoms with E-state index in [0.29, 0.717) is 0 Å². The molecular formula is C27H31NO3. The molecule has 4 nitrogen and oxygen atoms in total. The van der Waals surface area contributed by atoms with E-state index in [4.69, 9.17) is 4.74 Å². The Morgan fingerprint density at radius 1 is 0.806 bits per heavy atom. The second kappa shape index (κ2) is 9.09. The normalized spacial score (nSPS) is 26.2. The lowest BCUT2D eigenvalue weighted by atomic mass is 9.61. The second-order valence-corrected chi connectivity index (χ2v) is 8.78. The number of fused-ring (bicyclic) bond motifs is 2. The van der Waals surface area contributed by atoms with Crippen LogP contribution in [0.4, 0.5) is 0 Å². The molecule has 0 unspecified atom stereocenters. The summed E-state index contributed by atoms with van der Waals surface area (Å²) in [4.78, 5) is 29.0. The van der Waals surface area contributed by atoms with E-state index in [1.807, 2.05) is 41.3 Å². The lowest BCUT2D eigenvalue weighted by molar-refractivity contribution is -0.161. The molecule has 1 saturated carbocycles. The molecule has 2 aromatic rings. The van der Waals surface area contributed by atoms with Crippen LogP contribution in [0.15, 0.2) is 72.8 Å². The van der Waals surface area contributed by atoms with Crippen molar-refractivity contribution in [2.24, 2.45) is 23.7 Å². The molecule has 0 radical (unpaired) electrons. The zero-order valence-electron chi connectivity index (χ0n) is 18.5. The van der Waals surface area contributed by atoms with Gasteiger partial charge in [-0.2, -0.15) is 0 Å². The van der Waals surface area contributed by atoms with E-state index in [9.17, 15) is 9.59 Å². The maximum atomic E-state index is 14.2. The molecule has 0 aliphatic heterocycles. The monoisotopic (exact) mass is 417 g/mol. The number of rotatable bonds is 6. The first-order chi connectivity index (χ1) is 15.0. The van der Waals surface area contributed by atoms with Crippen LogP contribution in [0.2, 0.25) is 0 Å². The van der Waals surface area contributed by atoms with Crippen molar-refractivity contribution in [3.8, 4) is 0 Å². The van der Waals surface area contributed by atoms with E-state index in [2.05, 4.69) is 50.3 Å². The highest BCUT2D eigenvalue weighted by Crippen LogP contribution is 2.47. The third-order valence-electron chi connectivity index (χ3n) is 7.16. The minimum Gasteiger partial charge on any atom is -0.469 e. The van der Waals surface area contributed by atoms with Crippen molar-refractivity contribution in [1.82, 2.24) is 4.90 Å². The van der Waals surface area contributed by atoms with Crippen molar-refractivity contribution in [2.75, 3.05) is 7.11 Å². The van der Waals surface area contributed by atoms with Crippen molar-refractivity contribution >= 4 is 11.9 Å². The maximum Gasteiger partial charge on any atom is 0.310 e. The SMILES string of the molecule is COC(=O)[C@H]1[C@@H](C(=O)N([C@H](C)c2ccccc2)[C@H](C)c2ccccc2)[C@H]2C=C[C@@H]1CC2. The van der Waals surface area contributed by atoms with Gasteiger partial charge in [-0.25, -0.2) is 0 Å². The highest BCUT2D eigenvalue weighted by Gasteiger charge is 2.50. The Balaban J connectivity index is 1.74. The van der Waals surface area contributed by atoms with Crippen LogP contribution >= 0.6 is 0 Å². The molecule has 31 heavy (non-hydrogen) atoms. The van der Waals surface area contributed by atoms with Crippen molar-refractivity contribution < 1.29 is 14.3 Å². The Hall–Kier alpha value is -2.88. The van der Waals surface area contributed by atoms with Crippen LogP contribution in [-0.2, 0) is 14.3 Å². The Labute approximate surface area is 184 Å². The average molecular weight is 418 g/mol. The average Bonchev–Trinajstić information content (AvgIpc) is 2.84. The summed E-state index contributed by atoms with van der Waals surface area (Å²) in [6.07, 6.45) is 6.14. The molecule has 3 aliphatic rings. The van der Waals surface area contributed by atoms with E-state index in [1.165, 1.54) is 7.11 Å². The first-order valence-corrected chi connectivity index (χ1v) is 11.2. The van der Waals surface area contributed by atoms with Crippen LogP contribution < -0.4 is 0 Å². The number of ether oxygens (including phenoxy) is 1. The summed E-state index contributed by atoms with van der Waals surface area (Å²) in [6.45, 7) is 4.16. The van der Waals surface area contributed by atoms with Gasteiger partial charge in [-0.05, 0) is 49.7 Å². The highest BCUT2D eigenvalue weighted by atomic mass is 16.5. The van der Waals surface area contributed by atoms with Gasteiger partial charge in [0.2, 0.25) is 5.91 Å². The smallest absolute Gasteiger partial charge is 0.310 e. The predicted molar refractivity (Wildman–Crippen MR) is 121 cm³/mol. The number of benzene rings is 2. The molecule has 0 spiro atoms. The molecule has 0 heterocycles. The number of methoxy groups -OCH3 is 1. The summed E-state index contributed by atoms with van der Waals surface area (Å²) < 4.78 is 5.15. The summed E-state index contributed by atoms with van der Waals surface area (Å²) >= 11 is 0. The number of hydrogen-bond donors (Lipinski definition) is 0. The van der Waals surface area contributed by atoms with Crippen molar-refractivity contribution in [3.63, 3.8) is 0 Å². The van der Waals surface area contributed by atoms with Crippen molar-refractivity contribution in [3.05, 3.63) is 83.9 Å². The third kappa shape index (κ3) is 4.04. The Morgan fingerprint density at radius 3 is 1.68 bits per heavy atom. The fourth-order valence-electron chi connectivity index (χ4n) is 5.46. The summed E-state index contributed by atoms with van der Waals surface area (Å²) in [5.41, 5.74) is 2.18. The van der Waals surface area contributed by atoms with Gasteiger partial charge in [-0.1, -0.05) is 72.8 Å². The van der Waals surface area contributed by atoms with Gasteiger partial charge in [-0.15, -0.1) is 0 Å². The molecule has 2 aromatic carbocycles. The molecule has 3 aliphatic carbocycles. The first kappa shape index (κ1) is 21.4. The van der Waals surface area contributed by atoms with Crippen LogP contribution in [0.3, 0.4) is 0 Å². The number of nitrogens with zero attached hydrogens (tertiary/aromatic N) is 1. The number of carbonyl (C=O) groups excluding carboxylic acids is 2. The Kier molecular flexibility index (Phi) is 6.26. The fourth-order valence-corrected chi connectivity index (χ4v) is 5.46. The third-order valence-corrected chi connectivity index (χ3v) is 7.16. The lowest BCUT2D eigenvalue weighted by Gasteiger charge is -2.46. The predicted octanol–water partition coefficient (Wildman–Crippen LogP) is 5.34. The van der Waals surface area contributed by atoms with Crippen LogP contribution in [0.5, 0.6) is 0 Å². The van der Waals surface area contributed by atoms with E-state index in [-0.39, 0.29) is 41.7 Å². The standard InChI is InChI=1S/C27H31NO3/c1-18(20-10-6-4-7-11-20)28(19(2)21-12-8-5-9-13-21)26(29)24-22-14-16-23(17-15-22)25(24)27(30)31-3/h4-14,16,18-19,22-25H,15,17H2,1-3H3/t18-,19-,22+,23-,24+,25-/m1/s1. The molecule has 0 saturated heterocycles. The zero-order chi connectivity index (χ0) is 22.0. The Morgan fingerprint density at radius 2 is 1.26 bits per heavy atom. The van der Waals surface area contributed by atoms with Crippen LogP contribution in [0.25, 0.3) is 0 Å². The zero-order valence-corrected chi connectivity index (χ0v) is 18.5. The van der Waals surface area contributed by atoms with Crippen LogP contribution in [0.1, 0.15) is 49.9 Å². The van der Waals surface area contributed by atoms with E-state index in [0.717, 1.165) is 24.0 Å².